The van der Waals surface area contributed by atoms with Crippen molar-refractivity contribution in [2.75, 3.05) is 31.3 Å². The third kappa shape index (κ3) is 3.93. The van der Waals surface area contributed by atoms with Gasteiger partial charge in [0.25, 0.3) is 5.91 Å². The summed E-state index contributed by atoms with van der Waals surface area (Å²) in [7, 11) is 1.73. The summed E-state index contributed by atoms with van der Waals surface area (Å²) >= 11 is 1.74. The zero-order valence-corrected chi connectivity index (χ0v) is 10.9. The Labute approximate surface area is 105 Å². The highest BCUT2D eigenvalue weighted by Crippen LogP contribution is 2.15. The molecular formula is C12H17FN2OS. The number of benzene rings is 1. The van der Waals surface area contributed by atoms with E-state index in [0.717, 1.165) is 12.2 Å². The van der Waals surface area contributed by atoms with Crippen LogP contribution >= 0.6 is 11.8 Å². The van der Waals surface area contributed by atoms with E-state index < -0.39 is 5.82 Å². The molecule has 94 valence electrons. The number of hydrogen-bond donors (Lipinski definition) is 1. The van der Waals surface area contributed by atoms with Gasteiger partial charge in [0.05, 0.1) is 5.56 Å². The lowest BCUT2D eigenvalue weighted by atomic mass is 10.1. The zero-order valence-electron chi connectivity index (χ0n) is 10.1. The van der Waals surface area contributed by atoms with Gasteiger partial charge in [-0.3, -0.25) is 4.79 Å². The summed E-state index contributed by atoms with van der Waals surface area (Å²) in [6.07, 6.45) is 2.96. The van der Waals surface area contributed by atoms with Gasteiger partial charge in [-0.15, -0.1) is 0 Å². The summed E-state index contributed by atoms with van der Waals surface area (Å²) in [5, 5.41) is 0. The zero-order chi connectivity index (χ0) is 12.8. The molecule has 0 saturated carbocycles. The van der Waals surface area contributed by atoms with E-state index in [4.69, 9.17) is 5.73 Å². The van der Waals surface area contributed by atoms with Crippen LogP contribution in [0.15, 0.2) is 18.2 Å². The summed E-state index contributed by atoms with van der Waals surface area (Å²) in [4.78, 5) is 13.6. The van der Waals surface area contributed by atoms with Gasteiger partial charge in [-0.2, -0.15) is 11.8 Å². The number of carbonyl (C=O) groups excluding carboxylic acids is 1. The van der Waals surface area contributed by atoms with E-state index in [9.17, 15) is 9.18 Å². The predicted molar refractivity (Wildman–Crippen MR) is 70.8 cm³/mol. The highest BCUT2D eigenvalue weighted by atomic mass is 32.2. The normalized spacial score (nSPS) is 10.3. The Hall–Kier alpha value is -1.23. The van der Waals surface area contributed by atoms with Crippen LogP contribution in [-0.2, 0) is 0 Å². The predicted octanol–water partition coefficient (Wildman–Crippen LogP) is 2.23. The number of halogens is 1. The average Bonchev–Trinajstić information content (AvgIpc) is 2.28. The van der Waals surface area contributed by atoms with E-state index in [1.807, 2.05) is 6.26 Å². The van der Waals surface area contributed by atoms with Crippen molar-refractivity contribution in [3.05, 3.63) is 29.6 Å². The van der Waals surface area contributed by atoms with Crippen molar-refractivity contribution in [2.45, 2.75) is 6.42 Å². The van der Waals surface area contributed by atoms with Gasteiger partial charge in [0.1, 0.15) is 5.82 Å². The molecule has 1 rings (SSSR count). The summed E-state index contributed by atoms with van der Waals surface area (Å²) in [5.41, 5.74) is 6.17. The number of nitrogen functional groups attached to an aromatic ring is 1. The Morgan fingerprint density at radius 3 is 2.82 bits per heavy atom. The Bertz CT molecular complexity index is 398. The standard InChI is InChI=1S/C12H17FN2OS/c1-15(6-3-7-17-2)12(16)10-5-4-9(13)8-11(10)14/h4-5,8H,3,6-7,14H2,1-2H3. The van der Waals surface area contributed by atoms with Crippen LogP contribution in [0.3, 0.4) is 0 Å². The molecule has 0 unspecified atom stereocenters. The van der Waals surface area contributed by atoms with Crippen molar-refractivity contribution in [1.82, 2.24) is 4.90 Å². The number of anilines is 1. The van der Waals surface area contributed by atoms with Crippen LogP contribution in [0.1, 0.15) is 16.8 Å². The second-order valence-electron chi connectivity index (χ2n) is 3.80. The van der Waals surface area contributed by atoms with E-state index in [-0.39, 0.29) is 11.6 Å². The molecule has 0 heterocycles. The highest BCUT2D eigenvalue weighted by Gasteiger charge is 2.14. The van der Waals surface area contributed by atoms with Gasteiger partial charge in [0.2, 0.25) is 0 Å². The third-order valence-corrected chi connectivity index (χ3v) is 3.13. The first-order valence-corrected chi connectivity index (χ1v) is 6.75. The SMILES string of the molecule is CSCCCN(C)C(=O)c1ccc(F)cc1N. The second-order valence-corrected chi connectivity index (χ2v) is 4.79. The lowest BCUT2D eigenvalue weighted by molar-refractivity contribution is 0.0796. The second kappa shape index (κ2) is 6.49. The number of rotatable bonds is 5. The average molecular weight is 256 g/mol. The van der Waals surface area contributed by atoms with E-state index in [2.05, 4.69) is 0 Å². The summed E-state index contributed by atoms with van der Waals surface area (Å²) in [6.45, 7) is 0.677. The van der Waals surface area contributed by atoms with Crippen molar-refractivity contribution < 1.29 is 9.18 Å². The molecule has 0 fully saturated rings. The van der Waals surface area contributed by atoms with Gasteiger partial charge < -0.3 is 10.6 Å². The van der Waals surface area contributed by atoms with Crippen LogP contribution in [0, 0.1) is 5.82 Å². The Morgan fingerprint density at radius 1 is 1.53 bits per heavy atom. The first-order valence-electron chi connectivity index (χ1n) is 5.35. The molecule has 17 heavy (non-hydrogen) atoms. The van der Waals surface area contributed by atoms with Crippen LogP contribution < -0.4 is 5.73 Å². The van der Waals surface area contributed by atoms with Crippen molar-refractivity contribution in [3.8, 4) is 0 Å². The lowest BCUT2D eigenvalue weighted by Crippen LogP contribution is -2.28. The number of amides is 1. The molecule has 0 bridgehead atoms. The van der Waals surface area contributed by atoms with Gasteiger partial charge in [0, 0.05) is 19.3 Å². The number of carbonyl (C=O) groups is 1. The van der Waals surface area contributed by atoms with E-state index in [1.54, 1.807) is 23.7 Å². The molecule has 3 nitrogen and oxygen atoms in total. The summed E-state index contributed by atoms with van der Waals surface area (Å²) in [6, 6.07) is 3.85. The van der Waals surface area contributed by atoms with Gasteiger partial charge in [0.15, 0.2) is 0 Å². The first-order chi connectivity index (χ1) is 8.06. The summed E-state index contributed by atoms with van der Waals surface area (Å²) in [5.74, 6) is 0.420. The smallest absolute Gasteiger partial charge is 0.255 e. The minimum absolute atomic E-state index is 0.163. The fourth-order valence-corrected chi connectivity index (χ4v) is 1.90. The fourth-order valence-electron chi connectivity index (χ4n) is 1.48. The van der Waals surface area contributed by atoms with Crippen LogP contribution in [0.5, 0.6) is 0 Å². The topological polar surface area (TPSA) is 46.3 Å². The van der Waals surface area contributed by atoms with Crippen LogP contribution in [0.4, 0.5) is 10.1 Å². The van der Waals surface area contributed by atoms with Crippen LogP contribution in [0.25, 0.3) is 0 Å². The van der Waals surface area contributed by atoms with Gasteiger partial charge in [-0.25, -0.2) is 4.39 Å². The Morgan fingerprint density at radius 2 is 2.24 bits per heavy atom. The molecule has 0 spiro atoms. The Kier molecular flexibility index (Phi) is 5.28. The third-order valence-electron chi connectivity index (χ3n) is 2.43. The van der Waals surface area contributed by atoms with Gasteiger partial charge in [-0.1, -0.05) is 0 Å². The van der Waals surface area contributed by atoms with Gasteiger partial charge in [-0.05, 0) is 36.6 Å². The van der Waals surface area contributed by atoms with E-state index in [0.29, 0.717) is 12.1 Å². The molecule has 0 atom stereocenters. The van der Waals surface area contributed by atoms with Crippen molar-refractivity contribution >= 4 is 23.4 Å². The van der Waals surface area contributed by atoms with Crippen LogP contribution in [0.2, 0.25) is 0 Å². The Balaban J connectivity index is 2.68. The van der Waals surface area contributed by atoms with Crippen LogP contribution in [-0.4, -0.2) is 36.4 Å². The number of nitrogens with two attached hydrogens (primary N) is 1. The largest absolute Gasteiger partial charge is 0.398 e. The molecule has 1 amide bonds. The van der Waals surface area contributed by atoms with E-state index in [1.165, 1.54) is 18.2 Å². The monoisotopic (exact) mass is 256 g/mol. The maximum absolute atomic E-state index is 12.9. The molecule has 0 aliphatic carbocycles. The number of thioether (sulfide) groups is 1. The number of nitrogens with zero attached hydrogens (tertiary/aromatic N) is 1. The van der Waals surface area contributed by atoms with Crippen molar-refractivity contribution in [3.63, 3.8) is 0 Å². The number of hydrogen-bond acceptors (Lipinski definition) is 3. The molecule has 0 saturated heterocycles. The van der Waals surface area contributed by atoms with Gasteiger partial charge >= 0.3 is 0 Å². The molecular weight excluding hydrogens is 239 g/mol. The molecule has 5 heteroatoms. The highest BCUT2D eigenvalue weighted by molar-refractivity contribution is 7.98. The quantitative estimate of drug-likeness (QED) is 0.649. The molecule has 0 radical (unpaired) electrons. The van der Waals surface area contributed by atoms with Crippen molar-refractivity contribution in [2.24, 2.45) is 0 Å². The molecule has 0 aromatic heterocycles. The molecule has 2 N–H and O–H groups in total. The molecule has 0 aliphatic heterocycles. The minimum atomic E-state index is -0.427. The maximum Gasteiger partial charge on any atom is 0.255 e. The minimum Gasteiger partial charge on any atom is -0.398 e. The molecule has 0 aliphatic rings. The van der Waals surface area contributed by atoms with E-state index >= 15 is 0 Å². The molecule has 1 aromatic rings. The lowest BCUT2D eigenvalue weighted by Gasteiger charge is -2.17. The fraction of sp³-hybridized carbons (Fsp3) is 0.417. The molecule has 1 aromatic carbocycles. The van der Waals surface area contributed by atoms with Crippen molar-refractivity contribution in [1.29, 1.82) is 0 Å². The maximum atomic E-state index is 12.9. The first kappa shape index (κ1) is 13.8. The summed E-state index contributed by atoms with van der Waals surface area (Å²) < 4.78 is 12.9.